The second-order valence-corrected chi connectivity index (χ2v) is 6.06. The molecule has 0 bridgehead atoms. The number of carbonyl (C=O) groups excluding carboxylic acids is 1. The van der Waals surface area contributed by atoms with Crippen LogP contribution in [0.2, 0.25) is 0 Å². The maximum Gasteiger partial charge on any atom is 0.233 e. The van der Waals surface area contributed by atoms with Crippen LogP contribution in [0.3, 0.4) is 0 Å². The molecule has 5 nitrogen and oxygen atoms in total. The molecule has 2 aliphatic rings. The van der Waals surface area contributed by atoms with Crippen molar-refractivity contribution < 1.29 is 4.79 Å². The number of amides is 1. The molecule has 0 spiro atoms. The number of nitrogens with one attached hydrogen (secondary N) is 2. The Labute approximate surface area is 117 Å². The second-order valence-electron chi connectivity index (χ2n) is 5.09. The maximum absolute atomic E-state index is 12.1. The van der Waals surface area contributed by atoms with Crippen LogP contribution in [0.25, 0.3) is 0 Å². The lowest BCUT2D eigenvalue weighted by Gasteiger charge is -2.27. The lowest BCUT2D eigenvalue weighted by atomic mass is 10.0. The Bertz CT molecular complexity index is 430. The molecule has 0 saturated carbocycles. The van der Waals surface area contributed by atoms with E-state index in [1.807, 2.05) is 4.90 Å². The smallest absolute Gasteiger partial charge is 0.233 e. The summed E-state index contributed by atoms with van der Waals surface area (Å²) >= 11 is 1.54. The molecule has 2 N–H and O–H groups in total. The first-order valence-electron chi connectivity index (χ1n) is 7.02. The van der Waals surface area contributed by atoms with Gasteiger partial charge >= 0.3 is 0 Å². The summed E-state index contributed by atoms with van der Waals surface area (Å²) in [5.74, 6) is 0.715. The van der Waals surface area contributed by atoms with Crippen molar-refractivity contribution in [1.29, 1.82) is 0 Å². The summed E-state index contributed by atoms with van der Waals surface area (Å²) in [6, 6.07) is 0. The van der Waals surface area contributed by atoms with Crippen molar-refractivity contribution in [3.63, 3.8) is 0 Å². The number of rotatable bonds is 3. The Balaban J connectivity index is 1.53. The van der Waals surface area contributed by atoms with Crippen molar-refractivity contribution in [2.45, 2.75) is 30.8 Å². The number of imidazole rings is 1. The minimum Gasteiger partial charge on any atom is -0.339 e. The van der Waals surface area contributed by atoms with Gasteiger partial charge in [-0.25, -0.2) is 4.98 Å². The molecule has 1 aromatic rings. The Kier molecular flexibility index (Phi) is 4.08. The zero-order valence-corrected chi connectivity index (χ0v) is 11.9. The lowest BCUT2D eigenvalue weighted by molar-refractivity contribution is -0.128. The molecule has 1 saturated heterocycles. The highest BCUT2D eigenvalue weighted by Gasteiger charge is 2.18. The lowest BCUT2D eigenvalue weighted by Crippen LogP contribution is -2.47. The summed E-state index contributed by atoms with van der Waals surface area (Å²) in [7, 11) is 0. The van der Waals surface area contributed by atoms with E-state index >= 15 is 0 Å². The number of nitrogens with zero attached hydrogens (tertiary/aromatic N) is 2. The van der Waals surface area contributed by atoms with Gasteiger partial charge in [-0.15, -0.1) is 0 Å². The molecule has 0 aromatic carbocycles. The van der Waals surface area contributed by atoms with Crippen LogP contribution < -0.4 is 5.32 Å². The van der Waals surface area contributed by atoms with Gasteiger partial charge in [0.2, 0.25) is 5.91 Å². The highest BCUT2D eigenvalue weighted by atomic mass is 32.2. The molecular weight excluding hydrogens is 260 g/mol. The molecule has 19 heavy (non-hydrogen) atoms. The van der Waals surface area contributed by atoms with E-state index in [-0.39, 0.29) is 5.91 Å². The molecule has 0 unspecified atom stereocenters. The Hall–Kier alpha value is -1.01. The van der Waals surface area contributed by atoms with Gasteiger partial charge in [0.1, 0.15) is 0 Å². The van der Waals surface area contributed by atoms with Crippen molar-refractivity contribution in [2.24, 2.45) is 0 Å². The number of carbonyl (C=O) groups is 1. The van der Waals surface area contributed by atoms with Crippen molar-refractivity contribution in [3.05, 3.63) is 11.4 Å². The summed E-state index contributed by atoms with van der Waals surface area (Å²) in [5, 5.41) is 4.17. The van der Waals surface area contributed by atoms with Crippen molar-refractivity contribution in [1.82, 2.24) is 20.2 Å². The predicted octanol–water partition coefficient (Wildman–Crippen LogP) is 0.812. The van der Waals surface area contributed by atoms with E-state index in [9.17, 15) is 4.79 Å². The van der Waals surface area contributed by atoms with Gasteiger partial charge in [-0.1, -0.05) is 11.8 Å². The number of aromatic amines is 1. The molecule has 1 fully saturated rings. The number of thioether (sulfide) groups is 1. The molecule has 6 heteroatoms. The van der Waals surface area contributed by atoms with Crippen LogP contribution in [0.15, 0.2) is 5.16 Å². The molecule has 104 valence electrons. The molecule has 0 radical (unpaired) electrons. The summed E-state index contributed by atoms with van der Waals surface area (Å²) in [5.41, 5.74) is 2.49. The third kappa shape index (κ3) is 3.12. The average molecular weight is 280 g/mol. The molecule has 1 aromatic heterocycles. The number of aromatic nitrogens is 2. The third-order valence-electron chi connectivity index (χ3n) is 3.74. The quantitative estimate of drug-likeness (QED) is 0.805. The van der Waals surface area contributed by atoms with Gasteiger partial charge in [-0.05, 0) is 25.7 Å². The number of hydrogen-bond acceptors (Lipinski definition) is 4. The van der Waals surface area contributed by atoms with Crippen LogP contribution in [-0.4, -0.2) is 52.7 Å². The third-order valence-corrected chi connectivity index (χ3v) is 4.59. The van der Waals surface area contributed by atoms with E-state index in [1.165, 1.54) is 36.0 Å². The zero-order valence-electron chi connectivity index (χ0n) is 11.1. The van der Waals surface area contributed by atoms with Crippen LogP contribution >= 0.6 is 11.8 Å². The van der Waals surface area contributed by atoms with Gasteiger partial charge in [0, 0.05) is 31.9 Å². The number of fused-ring (bicyclic) bond motifs is 1. The maximum atomic E-state index is 12.1. The van der Waals surface area contributed by atoms with E-state index < -0.39 is 0 Å². The van der Waals surface area contributed by atoms with E-state index in [0.29, 0.717) is 5.75 Å². The van der Waals surface area contributed by atoms with Gasteiger partial charge in [0.25, 0.3) is 0 Å². The van der Waals surface area contributed by atoms with Crippen molar-refractivity contribution in [2.75, 3.05) is 31.9 Å². The Morgan fingerprint density at radius 3 is 2.84 bits per heavy atom. The number of hydrogen-bond donors (Lipinski definition) is 2. The first kappa shape index (κ1) is 13.0. The largest absolute Gasteiger partial charge is 0.339 e. The van der Waals surface area contributed by atoms with Crippen molar-refractivity contribution >= 4 is 17.7 Å². The highest BCUT2D eigenvalue weighted by Crippen LogP contribution is 2.23. The molecule has 1 aliphatic carbocycles. The SMILES string of the molecule is O=C(CSc1nc2c([nH]1)CCCC2)N1CCNCC1. The summed E-state index contributed by atoms with van der Waals surface area (Å²) < 4.78 is 0. The molecule has 1 amide bonds. The zero-order chi connectivity index (χ0) is 13.1. The van der Waals surface area contributed by atoms with Gasteiger partial charge in [-0.2, -0.15) is 0 Å². The topological polar surface area (TPSA) is 61.0 Å². The summed E-state index contributed by atoms with van der Waals surface area (Å²) in [6.45, 7) is 3.47. The van der Waals surface area contributed by atoms with E-state index in [2.05, 4.69) is 15.3 Å². The van der Waals surface area contributed by atoms with Crippen LogP contribution in [0, 0.1) is 0 Å². The summed E-state index contributed by atoms with van der Waals surface area (Å²) in [4.78, 5) is 21.9. The fraction of sp³-hybridized carbons (Fsp3) is 0.692. The molecular formula is C13H20N4OS. The van der Waals surface area contributed by atoms with Gasteiger partial charge in [-0.3, -0.25) is 4.79 Å². The summed E-state index contributed by atoms with van der Waals surface area (Å²) in [6.07, 6.45) is 4.67. The molecule has 1 aliphatic heterocycles. The minimum absolute atomic E-state index is 0.223. The van der Waals surface area contributed by atoms with Gasteiger partial charge < -0.3 is 15.2 Å². The van der Waals surface area contributed by atoms with Crippen LogP contribution in [0.1, 0.15) is 24.2 Å². The number of aryl methyl sites for hydroxylation is 2. The Morgan fingerprint density at radius 1 is 1.26 bits per heavy atom. The normalized spacial score (nSPS) is 19.3. The van der Waals surface area contributed by atoms with Crippen LogP contribution in [0.5, 0.6) is 0 Å². The predicted molar refractivity (Wildman–Crippen MR) is 75.4 cm³/mol. The van der Waals surface area contributed by atoms with Crippen LogP contribution in [0.4, 0.5) is 0 Å². The number of piperazine rings is 1. The minimum atomic E-state index is 0.223. The van der Waals surface area contributed by atoms with Crippen molar-refractivity contribution in [3.8, 4) is 0 Å². The molecule has 2 heterocycles. The first-order valence-corrected chi connectivity index (χ1v) is 8.00. The molecule has 0 atom stereocenters. The van der Waals surface area contributed by atoms with E-state index in [0.717, 1.165) is 44.2 Å². The highest BCUT2D eigenvalue weighted by molar-refractivity contribution is 7.99. The molecule has 3 rings (SSSR count). The van der Waals surface area contributed by atoms with E-state index in [1.54, 1.807) is 0 Å². The second kappa shape index (κ2) is 5.96. The Morgan fingerprint density at radius 2 is 2.05 bits per heavy atom. The number of H-pyrrole nitrogens is 1. The van der Waals surface area contributed by atoms with E-state index in [4.69, 9.17) is 0 Å². The van der Waals surface area contributed by atoms with Gasteiger partial charge in [0.15, 0.2) is 5.16 Å². The monoisotopic (exact) mass is 280 g/mol. The fourth-order valence-corrected chi connectivity index (χ4v) is 3.44. The standard InChI is InChI=1S/C13H20N4OS/c18-12(17-7-5-14-6-8-17)9-19-13-15-10-3-1-2-4-11(10)16-13/h14H,1-9H2,(H,15,16). The average Bonchev–Trinajstić information content (AvgIpc) is 2.88. The first-order chi connectivity index (χ1) is 9.33. The van der Waals surface area contributed by atoms with Crippen LogP contribution in [-0.2, 0) is 17.6 Å². The van der Waals surface area contributed by atoms with Gasteiger partial charge in [0.05, 0.1) is 11.4 Å². The fourth-order valence-electron chi connectivity index (χ4n) is 2.63.